The molecule has 4 nitrogen and oxygen atoms in total. The van der Waals surface area contributed by atoms with Crippen molar-refractivity contribution in [1.82, 2.24) is 0 Å². The molecule has 0 aromatic heterocycles. The van der Waals surface area contributed by atoms with Crippen LogP contribution in [-0.4, -0.2) is 22.9 Å². The zero-order valence-corrected chi connectivity index (χ0v) is 7.16. The van der Waals surface area contributed by atoms with Gasteiger partial charge >= 0.3 is 5.97 Å². The summed E-state index contributed by atoms with van der Waals surface area (Å²) in [6.07, 6.45) is 4.78. The second-order valence-corrected chi connectivity index (χ2v) is 2.74. The van der Waals surface area contributed by atoms with Crippen molar-refractivity contribution in [3.8, 4) is 0 Å². The van der Waals surface area contributed by atoms with Crippen LogP contribution >= 0.6 is 0 Å². The summed E-state index contributed by atoms with van der Waals surface area (Å²) >= 11 is 0. The quantitative estimate of drug-likeness (QED) is 0.337. The minimum Gasteiger partial charge on any atom is -0.481 e. The van der Waals surface area contributed by atoms with Gasteiger partial charge in [-0.05, 0) is 12.8 Å². The van der Waals surface area contributed by atoms with Gasteiger partial charge in [-0.15, -0.1) is 0 Å². The summed E-state index contributed by atoms with van der Waals surface area (Å²) in [5.41, 5.74) is 0. The third kappa shape index (κ3) is 9.39. The van der Waals surface area contributed by atoms with Crippen LogP contribution < -0.4 is 0 Å². The van der Waals surface area contributed by atoms with Crippen LogP contribution in [0.3, 0.4) is 0 Å². The number of hydrogen-bond donors (Lipinski definition) is 2. The smallest absolute Gasteiger partial charge is 0.303 e. The molecule has 0 unspecified atom stereocenters. The number of unbranched alkanes of at least 4 members (excludes halogenated alkanes) is 4. The molecule has 0 spiro atoms. The Morgan fingerprint density at radius 1 is 1.08 bits per heavy atom. The van der Waals surface area contributed by atoms with E-state index in [4.69, 9.17) is 10.4 Å². The Labute approximate surface area is 72.1 Å². The lowest BCUT2D eigenvalue weighted by Gasteiger charge is -1.98. The molecule has 0 aliphatic rings. The molecular weight excluding hydrogens is 160 g/mol. The lowest BCUT2D eigenvalue weighted by Crippen LogP contribution is -1.94. The number of carbonyl (C=O) groups is 1. The molecule has 0 atom stereocenters. The summed E-state index contributed by atoms with van der Waals surface area (Å²) < 4.78 is 0. The second kappa shape index (κ2) is 8.49. The van der Waals surface area contributed by atoms with Crippen LogP contribution in [0.15, 0.2) is 0 Å². The summed E-state index contributed by atoms with van der Waals surface area (Å²) in [5, 5.41) is 16.3. The normalized spacial score (nSPS) is 10.1. The Bertz CT molecular complexity index is 114. The maximum atomic E-state index is 10.1. The molecule has 72 valence electrons. The van der Waals surface area contributed by atoms with Crippen molar-refractivity contribution in [1.29, 1.82) is 0 Å². The first-order valence-corrected chi connectivity index (χ1v) is 4.25. The van der Waals surface area contributed by atoms with E-state index < -0.39 is 5.97 Å². The van der Waals surface area contributed by atoms with Crippen LogP contribution in [0.5, 0.6) is 0 Å². The van der Waals surface area contributed by atoms with E-state index in [0.717, 1.165) is 32.1 Å². The molecule has 0 aliphatic heterocycles. The SMILES string of the molecule is O=C(O)CCCCCCCOO. The highest BCUT2D eigenvalue weighted by molar-refractivity contribution is 5.66. The fourth-order valence-electron chi connectivity index (χ4n) is 0.973. The summed E-state index contributed by atoms with van der Waals surface area (Å²) in [6, 6.07) is 0. The minimum atomic E-state index is -0.728. The molecular formula is C8H16O4. The van der Waals surface area contributed by atoms with Gasteiger partial charge in [0.1, 0.15) is 0 Å². The average molecular weight is 176 g/mol. The van der Waals surface area contributed by atoms with Gasteiger partial charge in [0.15, 0.2) is 0 Å². The van der Waals surface area contributed by atoms with Crippen molar-refractivity contribution in [2.24, 2.45) is 0 Å². The molecule has 12 heavy (non-hydrogen) atoms. The van der Waals surface area contributed by atoms with Crippen molar-refractivity contribution in [2.75, 3.05) is 6.61 Å². The van der Waals surface area contributed by atoms with E-state index in [2.05, 4.69) is 4.89 Å². The maximum absolute atomic E-state index is 10.1. The van der Waals surface area contributed by atoms with Crippen molar-refractivity contribution >= 4 is 5.97 Å². The molecule has 0 heterocycles. The Kier molecular flexibility index (Phi) is 8.05. The zero-order valence-electron chi connectivity index (χ0n) is 7.16. The van der Waals surface area contributed by atoms with E-state index in [9.17, 15) is 4.79 Å². The van der Waals surface area contributed by atoms with Crippen molar-refractivity contribution in [3.63, 3.8) is 0 Å². The fraction of sp³-hybridized carbons (Fsp3) is 0.875. The van der Waals surface area contributed by atoms with Crippen LogP contribution in [0, 0.1) is 0 Å². The predicted octanol–water partition coefficient (Wildman–Crippen LogP) is 1.90. The van der Waals surface area contributed by atoms with Gasteiger partial charge in [0.25, 0.3) is 0 Å². The fourth-order valence-corrected chi connectivity index (χ4v) is 0.973. The standard InChI is InChI=1S/C8H16O4/c9-8(10)6-4-2-1-3-5-7-12-11/h11H,1-7H2,(H,9,10). The summed E-state index contributed by atoms with van der Waals surface area (Å²) in [5.74, 6) is -0.728. The van der Waals surface area contributed by atoms with Crippen LogP contribution in [0.1, 0.15) is 38.5 Å². The minimum absolute atomic E-state index is 0.260. The molecule has 0 aromatic rings. The highest BCUT2D eigenvalue weighted by Gasteiger charge is 1.95. The summed E-state index contributed by atoms with van der Waals surface area (Å²) in [6.45, 7) is 0.374. The van der Waals surface area contributed by atoms with Gasteiger partial charge in [0.2, 0.25) is 0 Å². The molecule has 0 radical (unpaired) electrons. The second-order valence-electron chi connectivity index (χ2n) is 2.74. The number of hydrogen-bond acceptors (Lipinski definition) is 3. The van der Waals surface area contributed by atoms with Crippen molar-refractivity contribution in [2.45, 2.75) is 38.5 Å². The number of rotatable bonds is 8. The van der Waals surface area contributed by atoms with Gasteiger partial charge in [-0.2, -0.15) is 0 Å². The van der Waals surface area contributed by atoms with Gasteiger partial charge in [0, 0.05) is 6.42 Å². The van der Waals surface area contributed by atoms with Crippen LogP contribution in [0.25, 0.3) is 0 Å². The van der Waals surface area contributed by atoms with E-state index in [1.807, 2.05) is 0 Å². The number of carboxylic acid groups (broad SMARTS) is 1. The molecule has 0 bridgehead atoms. The first-order valence-electron chi connectivity index (χ1n) is 4.25. The van der Waals surface area contributed by atoms with E-state index in [1.54, 1.807) is 0 Å². The lowest BCUT2D eigenvalue weighted by atomic mass is 10.1. The van der Waals surface area contributed by atoms with Crippen molar-refractivity contribution in [3.05, 3.63) is 0 Å². The first-order chi connectivity index (χ1) is 5.77. The number of carboxylic acids is 1. The highest BCUT2D eigenvalue weighted by atomic mass is 17.1. The Balaban J connectivity index is 2.86. The van der Waals surface area contributed by atoms with Gasteiger partial charge in [0.05, 0.1) is 6.61 Å². The van der Waals surface area contributed by atoms with Gasteiger partial charge in [-0.1, -0.05) is 19.3 Å². The topological polar surface area (TPSA) is 66.8 Å². The number of aliphatic carboxylic acids is 1. The highest BCUT2D eigenvalue weighted by Crippen LogP contribution is 2.04. The predicted molar refractivity (Wildman–Crippen MR) is 43.9 cm³/mol. The molecule has 0 fully saturated rings. The van der Waals surface area contributed by atoms with Crippen LogP contribution in [0.2, 0.25) is 0 Å². The molecule has 0 saturated carbocycles. The zero-order chi connectivity index (χ0) is 9.23. The van der Waals surface area contributed by atoms with E-state index in [-0.39, 0.29) is 6.42 Å². The first kappa shape index (κ1) is 11.4. The third-order valence-corrected chi connectivity index (χ3v) is 1.63. The lowest BCUT2D eigenvalue weighted by molar-refractivity contribution is -0.242. The van der Waals surface area contributed by atoms with E-state index in [1.165, 1.54) is 0 Å². The molecule has 0 amide bonds. The third-order valence-electron chi connectivity index (χ3n) is 1.63. The van der Waals surface area contributed by atoms with E-state index in [0.29, 0.717) is 6.61 Å². The van der Waals surface area contributed by atoms with Gasteiger partial charge in [-0.25, -0.2) is 4.89 Å². The Hall–Kier alpha value is -0.610. The molecule has 0 rings (SSSR count). The molecule has 0 aromatic carbocycles. The largest absolute Gasteiger partial charge is 0.481 e. The molecule has 0 saturated heterocycles. The van der Waals surface area contributed by atoms with Crippen LogP contribution in [0.4, 0.5) is 0 Å². The molecule has 4 heteroatoms. The van der Waals surface area contributed by atoms with Crippen molar-refractivity contribution < 1.29 is 20.0 Å². The maximum Gasteiger partial charge on any atom is 0.303 e. The van der Waals surface area contributed by atoms with E-state index >= 15 is 0 Å². The van der Waals surface area contributed by atoms with Crippen LogP contribution in [-0.2, 0) is 9.68 Å². The Morgan fingerprint density at radius 3 is 2.25 bits per heavy atom. The monoisotopic (exact) mass is 176 g/mol. The molecule has 0 aliphatic carbocycles. The van der Waals surface area contributed by atoms with Gasteiger partial charge in [-0.3, -0.25) is 10.1 Å². The summed E-state index contributed by atoms with van der Waals surface area (Å²) in [7, 11) is 0. The van der Waals surface area contributed by atoms with Gasteiger partial charge < -0.3 is 5.11 Å². The average Bonchev–Trinajstić information content (AvgIpc) is 2.02. The molecule has 2 N–H and O–H groups in total. The summed E-state index contributed by atoms with van der Waals surface area (Å²) in [4.78, 5) is 14.0. The Morgan fingerprint density at radius 2 is 1.67 bits per heavy atom.